The number of nitro groups is 1. The lowest BCUT2D eigenvalue weighted by atomic mass is 9.65. The van der Waals surface area contributed by atoms with Crippen LogP contribution in [0.5, 0.6) is 40.2 Å². The quantitative estimate of drug-likeness (QED) is 0.0478. The molecule has 0 spiro atoms. The lowest BCUT2D eigenvalue weighted by Crippen LogP contribution is -2.43. The van der Waals surface area contributed by atoms with Crippen LogP contribution in [0.3, 0.4) is 0 Å². The molecular weight excluding hydrogens is 716 g/mol. The highest BCUT2D eigenvalue weighted by Gasteiger charge is 2.53. The number of cyclic esters (lactones) is 1. The van der Waals surface area contributed by atoms with Gasteiger partial charge in [-0.05, 0) is 70.8 Å². The first-order valence-electron chi connectivity index (χ1n) is 17.0. The van der Waals surface area contributed by atoms with Crippen molar-refractivity contribution in [1.82, 2.24) is 5.32 Å². The van der Waals surface area contributed by atoms with E-state index in [2.05, 4.69) is 5.32 Å². The molecule has 15 heteroatoms. The Balaban J connectivity index is 1.41. The van der Waals surface area contributed by atoms with Gasteiger partial charge in [-0.3, -0.25) is 24.5 Å². The predicted octanol–water partition coefficient (Wildman–Crippen LogP) is 5.51. The van der Waals surface area contributed by atoms with Gasteiger partial charge < -0.3 is 43.2 Å². The summed E-state index contributed by atoms with van der Waals surface area (Å²) in [5, 5.41) is 15.2. The summed E-state index contributed by atoms with van der Waals surface area (Å²) in [4.78, 5) is 52.1. The van der Waals surface area contributed by atoms with Gasteiger partial charge in [-0.15, -0.1) is 0 Å². The first-order valence-corrected chi connectivity index (χ1v) is 17.0. The molecule has 1 fully saturated rings. The number of para-hydroxylation sites is 1. The molecule has 284 valence electrons. The van der Waals surface area contributed by atoms with E-state index < -0.39 is 40.6 Å². The van der Waals surface area contributed by atoms with E-state index in [-0.39, 0.29) is 52.8 Å². The molecular formula is C40H36N2O13. The SMILES string of the molecule is COc1cc(/C(=C\c2ccccc2[N+](=O)[O-])C(=O)N[C@@H]2c3cc4c(cc3[C@@H](c3cc(OC)c(OC)c(OC)c3)[C@H]3C(=O)OC[C@@H]32)OCO4)cc(OC)c1C=O. The minimum absolute atomic E-state index is 0.0146. The number of benzene rings is 4. The van der Waals surface area contributed by atoms with Gasteiger partial charge in [0.25, 0.3) is 11.6 Å². The van der Waals surface area contributed by atoms with Crippen molar-refractivity contribution in [3.05, 3.63) is 104 Å². The van der Waals surface area contributed by atoms with Crippen LogP contribution < -0.4 is 38.5 Å². The van der Waals surface area contributed by atoms with E-state index in [1.807, 2.05) is 0 Å². The molecule has 55 heavy (non-hydrogen) atoms. The topological polar surface area (TPSA) is 180 Å². The molecule has 7 rings (SSSR count). The number of carbonyl (C=O) groups is 3. The number of hydrogen-bond donors (Lipinski definition) is 1. The zero-order valence-electron chi connectivity index (χ0n) is 30.4. The van der Waals surface area contributed by atoms with E-state index in [4.69, 9.17) is 37.9 Å². The third kappa shape index (κ3) is 6.36. The highest BCUT2D eigenvalue weighted by atomic mass is 16.7. The number of ether oxygens (including phenoxy) is 8. The third-order valence-electron chi connectivity index (χ3n) is 10.2. The molecule has 0 unspecified atom stereocenters. The molecule has 2 heterocycles. The lowest BCUT2D eigenvalue weighted by molar-refractivity contribution is -0.385. The van der Waals surface area contributed by atoms with Gasteiger partial charge in [-0.25, -0.2) is 0 Å². The fourth-order valence-electron chi connectivity index (χ4n) is 7.67. The Hall–Kier alpha value is -6.77. The molecule has 1 saturated heterocycles. The minimum atomic E-state index is -0.834. The zero-order valence-corrected chi connectivity index (χ0v) is 30.4. The molecule has 0 aromatic heterocycles. The van der Waals surface area contributed by atoms with Gasteiger partial charge in [0, 0.05) is 23.5 Å². The smallest absolute Gasteiger partial charge is 0.310 e. The number of aldehydes is 1. The number of amides is 1. The third-order valence-corrected chi connectivity index (χ3v) is 10.2. The second-order valence-corrected chi connectivity index (χ2v) is 12.8. The van der Waals surface area contributed by atoms with E-state index in [0.29, 0.717) is 51.7 Å². The van der Waals surface area contributed by atoms with E-state index in [1.54, 1.807) is 30.3 Å². The maximum absolute atomic E-state index is 14.8. The highest BCUT2D eigenvalue weighted by Crippen LogP contribution is 2.56. The summed E-state index contributed by atoms with van der Waals surface area (Å²) in [6, 6.07) is 15.2. The van der Waals surface area contributed by atoms with Crippen molar-refractivity contribution in [2.24, 2.45) is 11.8 Å². The molecule has 0 radical (unpaired) electrons. The highest BCUT2D eigenvalue weighted by molar-refractivity contribution is 6.25. The average molecular weight is 753 g/mol. The summed E-state index contributed by atoms with van der Waals surface area (Å²) in [5.74, 6) is -0.858. The summed E-state index contributed by atoms with van der Waals surface area (Å²) >= 11 is 0. The van der Waals surface area contributed by atoms with Crippen LogP contribution in [0.1, 0.15) is 50.1 Å². The molecule has 1 N–H and O–H groups in total. The maximum atomic E-state index is 14.8. The number of fused-ring (bicyclic) bond motifs is 3. The first-order chi connectivity index (χ1) is 26.6. The molecule has 2 aliphatic heterocycles. The number of nitro benzene ring substituents is 1. The molecule has 1 aliphatic carbocycles. The molecule has 3 aliphatic rings. The van der Waals surface area contributed by atoms with Crippen molar-refractivity contribution in [3.63, 3.8) is 0 Å². The summed E-state index contributed by atoms with van der Waals surface area (Å²) in [7, 11) is 7.22. The first kappa shape index (κ1) is 36.6. The van der Waals surface area contributed by atoms with Crippen molar-refractivity contribution in [1.29, 1.82) is 0 Å². The van der Waals surface area contributed by atoms with Gasteiger partial charge in [-0.1, -0.05) is 12.1 Å². The molecule has 1 amide bonds. The summed E-state index contributed by atoms with van der Waals surface area (Å²) in [6.45, 7) is -0.0513. The Morgan fingerprint density at radius 2 is 1.45 bits per heavy atom. The Kier molecular flexibility index (Phi) is 9.93. The standard InChI is InChI=1S/C40H36N2O13/c1-48-29-11-21(12-30(49-2)26(29)17-43)23(10-20-8-6-7-9-28(20)42(46)47)39(44)41-37-25-16-32-31(54-19-55-32)15-24(25)35(36-27(37)18-53-40(36)45)22-13-33(50-3)38(52-5)34(14-22)51-4/h6-17,27,35-37H,18-19H2,1-5H3,(H,41,44)/b23-10+/t27-,35+,36-,37+/m0/s1. The summed E-state index contributed by atoms with van der Waals surface area (Å²) in [5.41, 5.74) is 2.19. The monoisotopic (exact) mass is 752 g/mol. The Morgan fingerprint density at radius 1 is 0.836 bits per heavy atom. The van der Waals surface area contributed by atoms with E-state index in [0.717, 1.165) is 0 Å². The number of hydrogen-bond acceptors (Lipinski definition) is 13. The van der Waals surface area contributed by atoms with Gasteiger partial charge >= 0.3 is 5.97 Å². The Labute approximate surface area is 314 Å². The normalized spacial score (nSPS) is 19.4. The van der Waals surface area contributed by atoms with E-state index in [9.17, 15) is 24.5 Å². The zero-order chi connectivity index (χ0) is 39.0. The molecule has 0 saturated carbocycles. The predicted molar refractivity (Wildman–Crippen MR) is 195 cm³/mol. The van der Waals surface area contributed by atoms with Gasteiger partial charge in [0.2, 0.25) is 12.5 Å². The fourth-order valence-corrected chi connectivity index (χ4v) is 7.67. The van der Waals surface area contributed by atoms with Gasteiger partial charge in [0.15, 0.2) is 29.3 Å². The maximum Gasteiger partial charge on any atom is 0.310 e. The van der Waals surface area contributed by atoms with Gasteiger partial charge in [0.1, 0.15) is 11.5 Å². The van der Waals surface area contributed by atoms with Crippen LogP contribution in [-0.4, -0.2) is 72.0 Å². The van der Waals surface area contributed by atoms with Crippen LogP contribution in [0.4, 0.5) is 5.69 Å². The number of esters is 1. The Bertz CT molecular complexity index is 2200. The van der Waals surface area contributed by atoms with Gasteiger partial charge in [0.05, 0.1) is 70.2 Å². The second-order valence-electron chi connectivity index (χ2n) is 12.8. The average Bonchev–Trinajstić information content (AvgIpc) is 3.83. The van der Waals surface area contributed by atoms with Crippen molar-refractivity contribution >= 4 is 35.5 Å². The van der Waals surface area contributed by atoms with Gasteiger partial charge in [-0.2, -0.15) is 0 Å². The lowest BCUT2D eigenvalue weighted by Gasteiger charge is -2.39. The molecule has 15 nitrogen and oxygen atoms in total. The fraction of sp³-hybridized carbons (Fsp3) is 0.275. The van der Waals surface area contributed by atoms with E-state index >= 15 is 0 Å². The number of nitrogens with one attached hydrogen (secondary N) is 1. The van der Waals surface area contributed by atoms with Crippen molar-refractivity contribution in [2.75, 3.05) is 48.9 Å². The van der Waals surface area contributed by atoms with Crippen LogP contribution >= 0.6 is 0 Å². The molecule has 4 aromatic rings. The van der Waals surface area contributed by atoms with E-state index in [1.165, 1.54) is 72.0 Å². The number of carbonyl (C=O) groups excluding carboxylic acids is 3. The van der Waals surface area contributed by atoms with Crippen LogP contribution in [-0.2, 0) is 14.3 Å². The van der Waals surface area contributed by atoms with Crippen LogP contribution in [0.25, 0.3) is 11.6 Å². The van der Waals surface area contributed by atoms with Crippen LogP contribution in [0, 0.1) is 22.0 Å². The van der Waals surface area contributed by atoms with Crippen molar-refractivity contribution in [2.45, 2.75) is 12.0 Å². The summed E-state index contributed by atoms with van der Waals surface area (Å²) < 4.78 is 45.1. The molecule has 4 aromatic carbocycles. The molecule has 0 bridgehead atoms. The number of rotatable bonds is 12. The Morgan fingerprint density at radius 3 is 2.04 bits per heavy atom. The molecule has 4 atom stereocenters. The van der Waals surface area contributed by atoms with Crippen molar-refractivity contribution < 1.29 is 57.2 Å². The van der Waals surface area contributed by atoms with Crippen LogP contribution in [0.2, 0.25) is 0 Å². The largest absolute Gasteiger partial charge is 0.496 e. The van der Waals surface area contributed by atoms with Crippen LogP contribution in [0.15, 0.2) is 60.7 Å². The number of methoxy groups -OCH3 is 5. The second kappa shape index (κ2) is 14.9. The minimum Gasteiger partial charge on any atom is -0.496 e. The number of nitrogens with zero attached hydrogens (tertiary/aromatic N) is 1. The summed E-state index contributed by atoms with van der Waals surface area (Å²) in [6.07, 6.45) is 1.95. The van der Waals surface area contributed by atoms with Crippen molar-refractivity contribution in [3.8, 4) is 40.2 Å².